The molecule has 2 aromatic heterocycles. The van der Waals surface area contributed by atoms with E-state index in [1.807, 2.05) is 6.92 Å². The molecule has 2 heterocycles. The quantitative estimate of drug-likeness (QED) is 0.378. The van der Waals surface area contributed by atoms with Gasteiger partial charge in [-0.15, -0.1) is 0 Å². The smallest absolute Gasteiger partial charge is 0.393 e. The monoisotopic (exact) mass is 555 g/mol. The molecule has 0 radical (unpaired) electrons. The first-order valence-corrected chi connectivity index (χ1v) is 13.9. The molecule has 2 aliphatic rings. The summed E-state index contributed by atoms with van der Waals surface area (Å²) in [6.45, 7) is 5.17. The number of carbonyl (C=O) groups excluding carboxylic acids is 1. The molecule has 38 heavy (non-hydrogen) atoms. The minimum atomic E-state index is -4.27. The summed E-state index contributed by atoms with van der Waals surface area (Å²) in [6.07, 6.45) is 3.59. The Bertz CT molecular complexity index is 1110. The zero-order valence-corrected chi connectivity index (χ0v) is 23.0. The zero-order chi connectivity index (χ0) is 27.4. The molecule has 4 rings (SSSR count). The zero-order valence-electron chi connectivity index (χ0n) is 22.2. The third-order valence-electron chi connectivity index (χ3n) is 7.96. The van der Waals surface area contributed by atoms with Gasteiger partial charge in [0, 0.05) is 31.4 Å². The molecular formula is C27H37ClF3N5O2. The molecule has 1 amide bonds. The molecule has 2 unspecified atom stereocenters. The maximum Gasteiger partial charge on any atom is 0.393 e. The molecule has 7 nitrogen and oxygen atoms in total. The van der Waals surface area contributed by atoms with Gasteiger partial charge in [-0.05, 0) is 44.4 Å². The molecule has 0 spiro atoms. The van der Waals surface area contributed by atoms with Gasteiger partial charge in [0.05, 0.1) is 29.3 Å². The number of alkyl halides is 3. The second kappa shape index (κ2) is 12.1. The summed E-state index contributed by atoms with van der Waals surface area (Å²) >= 11 is 6.70. The average Bonchev–Trinajstić information content (AvgIpc) is 3.23. The number of pyridine rings is 1. The minimum Gasteiger partial charge on any atom is -0.496 e. The fraction of sp³-hybridized carbons (Fsp3) is 0.667. The van der Waals surface area contributed by atoms with Crippen molar-refractivity contribution in [3.05, 3.63) is 23.0 Å². The van der Waals surface area contributed by atoms with E-state index in [0.717, 1.165) is 25.2 Å². The van der Waals surface area contributed by atoms with Gasteiger partial charge in [0.15, 0.2) is 5.69 Å². The van der Waals surface area contributed by atoms with Gasteiger partial charge in [-0.25, -0.2) is 4.98 Å². The largest absolute Gasteiger partial charge is 0.496 e. The van der Waals surface area contributed by atoms with E-state index in [9.17, 15) is 18.0 Å². The number of carbonyl (C=O) groups is 1. The van der Waals surface area contributed by atoms with Crippen LogP contribution in [0.4, 0.5) is 19.0 Å². The summed E-state index contributed by atoms with van der Waals surface area (Å²) in [5, 5.41) is 10.6. The number of ether oxygens (including phenoxy) is 1. The number of hydrogen-bond donors (Lipinski definition) is 2. The van der Waals surface area contributed by atoms with Crippen molar-refractivity contribution in [1.29, 1.82) is 0 Å². The Morgan fingerprint density at radius 3 is 2.55 bits per heavy atom. The third-order valence-corrected chi connectivity index (χ3v) is 8.31. The normalized spacial score (nSPS) is 24.2. The molecule has 2 N–H and O–H groups in total. The lowest BCUT2D eigenvalue weighted by atomic mass is 9.83. The van der Waals surface area contributed by atoms with Crippen LogP contribution in [0.3, 0.4) is 0 Å². The molecule has 0 saturated heterocycles. The summed E-state index contributed by atoms with van der Waals surface area (Å²) in [7, 11) is 1.47. The van der Waals surface area contributed by atoms with Gasteiger partial charge in [-0.1, -0.05) is 44.2 Å². The molecule has 0 bridgehead atoms. The van der Waals surface area contributed by atoms with Crippen molar-refractivity contribution >= 4 is 23.3 Å². The molecule has 210 valence electrons. The Labute approximate surface area is 226 Å². The van der Waals surface area contributed by atoms with E-state index in [1.165, 1.54) is 26.1 Å². The van der Waals surface area contributed by atoms with Crippen molar-refractivity contribution in [2.24, 2.45) is 17.8 Å². The van der Waals surface area contributed by atoms with Gasteiger partial charge in [0.2, 0.25) is 0 Å². The molecule has 2 fully saturated rings. The van der Waals surface area contributed by atoms with E-state index in [0.29, 0.717) is 54.7 Å². The van der Waals surface area contributed by atoms with E-state index >= 15 is 0 Å². The number of amides is 1. The summed E-state index contributed by atoms with van der Waals surface area (Å²) in [5.41, 5.74) is 1.12. The van der Waals surface area contributed by atoms with Crippen LogP contribution in [0.5, 0.6) is 5.75 Å². The van der Waals surface area contributed by atoms with Crippen LogP contribution in [0.25, 0.3) is 11.3 Å². The lowest BCUT2D eigenvalue weighted by Crippen LogP contribution is -2.41. The topological polar surface area (TPSA) is 81.1 Å². The number of methoxy groups -OCH3 is 1. The minimum absolute atomic E-state index is 0.104. The molecule has 2 aliphatic carbocycles. The van der Waals surface area contributed by atoms with Crippen molar-refractivity contribution in [3.63, 3.8) is 0 Å². The van der Waals surface area contributed by atoms with E-state index in [1.54, 1.807) is 10.7 Å². The van der Waals surface area contributed by atoms with Crippen molar-refractivity contribution in [3.8, 4) is 17.0 Å². The Kier molecular flexibility index (Phi) is 9.11. The first-order chi connectivity index (χ1) is 18.1. The van der Waals surface area contributed by atoms with Gasteiger partial charge in [-0.3, -0.25) is 9.48 Å². The summed E-state index contributed by atoms with van der Waals surface area (Å²) in [5.74, 6) is 0.109. The molecule has 2 atom stereocenters. The lowest BCUT2D eigenvalue weighted by Gasteiger charge is -2.33. The highest BCUT2D eigenvalue weighted by Gasteiger charge is 2.45. The first-order valence-electron chi connectivity index (χ1n) is 13.5. The standard InChI is InChI=1S/C27H37ClF3N5O2/c1-4-36-25(23(28)24(35-36)26(37)33-14-17-11-9-16(2)10-12-17)18-15-32-22(13-21(18)38-3)34-20-8-6-5-7-19(20)27(29,30)31/h13,15-17,19-20H,4-12,14H2,1-3H3,(H,32,34)(H,33,37). The number of nitrogens with zero attached hydrogens (tertiary/aromatic N) is 3. The number of aryl methyl sites for hydroxylation is 1. The second-order valence-corrected chi connectivity index (χ2v) is 11.0. The van der Waals surface area contributed by atoms with Crippen LogP contribution in [-0.4, -0.2) is 46.5 Å². The van der Waals surface area contributed by atoms with Crippen LogP contribution in [0, 0.1) is 17.8 Å². The third kappa shape index (κ3) is 6.38. The average molecular weight is 556 g/mol. The highest BCUT2D eigenvalue weighted by Crippen LogP contribution is 2.41. The first kappa shape index (κ1) is 28.5. The molecule has 0 aromatic carbocycles. The number of halogens is 4. The van der Waals surface area contributed by atoms with Gasteiger partial charge < -0.3 is 15.4 Å². The van der Waals surface area contributed by atoms with E-state index in [4.69, 9.17) is 16.3 Å². The van der Waals surface area contributed by atoms with Crippen molar-refractivity contribution < 1.29 is 22.7 Å². The number of nitrogens with one attached hydrogen (secondary N) is 2. The van der Waals surface area contributed by atoms with Crippen LogP contribution in [-0.2, 0) is 6.54 Å². The maximum absolute atomic E-state index is 13.6. The molecule has 2 aromatic rings. The number of aromatic nitrogens is 3. The summed E-state index contributed by atoms with van der Waals surface area (Å²) in [4.78, 5) is 17.4. The second-order valence-electron chi connectivity index (χ2n) is 10.6. The highest BCUT2D eigenvalue weighted by atomic mass is 35.5. The SMILES string of the molecule is CCn1nc(C(=O)NCC2CCC(C)CC2)c(Cl)c1-c1cnc(NC2CCCCC2C(F)(F)F)cc1OC. The number of hydrogen-bond acceptors (Lipinski definition) is 5. The summed E-state index contributed by atoms with van der Waals surface area (Å²) in [6, 6.07) is 0.823. The number of anilines is 1. The maximum atomic E-state index is 13.6. The Hall–Kier alpha value is -2.49. The number of rotatable bonds is 8. The predicted octanol–water partition coefficient (Wildman–Crippen LogP) is 6.72. The predicted molar refractivity (Wildman–Crippen MR) is 142 cm³/mol. The molecule has 2 saturated carbocycles. The van der Waals surface area contributed by atoms with Crippen LogP contribution in [0.1, 0.15) is 75.7 Å². The van der Waals surface area contributed by atoms with Crippen LogP contribution in [0.2, 0.25) is 5.02 Å². The lowest BCUT2D eigenvalue weighted by molar-refractivity contribution is -0.184. The molecule has 0 aliphatic heterocycles. The summed E-state index contributed by atoms with van der Waals surface area (Å²) < 4.78 is 47.9. The Morgan fingerprint density at radius 2 is 1.89 bits per heavy atom. The van der Waals surface area contributed by atoms with Gasteiger partial charge in [-0.2, -0.15) is 18.3 Å². The van der Waals surface area contributed by atoms with Crippen molar-refractivity contribution in [2.75, 3.05) is 19.0 Å². The van der Waals surface area contributed by atoms with Crippen LogP contribution >= 0.6 is 11.6 Å². The Morgan fingerprint density at radius 1 is 1.18 bits per heavy atom. The van der Waals surface area contributed by atoms with E-state index in [-0.39, 0.29) is 23.0 Å². The Balaban J connectivity index is 1.54. The van der Waals surface area contributed by atoms with Crippen LogP contribution < -0.4 is 15.4 Å². The van der Waals surface area contributed by atoms with Crippen molar-refractivity contribution in [1.82, 2.24) is 20.1 Å². The van der Waals surface area contributed by atoms with Gasteiger partial charge in [0.1, 0.15) is 11.6 Å². The van der Waals surface area contributed by atoms with E-state index < -0.39 is 18.1 Å². The van der Waals surface area contributed by atoms with Crippen molar-refractivity contribution in [2.45, 2.75) is 84.0 Å². The van der Waals surface area contributed by atoms with Gasteiger partial charge >= 0.3 is 6.18 Å². The molecule has 11 heteroatoms. The molecular weight excluding hydrogens is 519 g/mol. The van der Waals surface area contributed by atoms with E-state index in [2.05, 4.69) is 27.6 Å². The van der Waals surface area contributed by atoms with Crippen LogP contribution in [0.15, 0.2) is 12.3 Å². The fourth-order valence-electron chi connectivity index (χ4n) is 5.67. The fourth-order valence-corrected chi connectivity index (χ4v) is 6.00. The van der Waals surface area contributed by atoms with Gasteiger partial charge in [0.25, 0.3) is 5.91 Å². The highest BCUT2D eigenvalue weighted by molar-refractivity contribution is 6.36.